The van der Waals surface area contributed by atoms with Crippen molar-refractivity contribution in [2.75, 3.05) is 0 Å². The van der Waals surface area contributed by atoms with Gasteiger partial charge >= 0.3 is 0 Å². The minimum absolute atomic E-state index is 0.365. The van der Waals surface area contributed by atoms with Crippen LogP contribution in [0.1, 0.15) is 39.2 Å². The van der Waals surface area contributed by atoms with Crippen molar-refractivity contribution in [3.8, 4) is 0 Å². The van der Waals surface area contributed by atoms with Gasteiger partial charge in [0.1, 0.15) is 0 Å². The molecule has 0 nitrogen and oxygen atoms in total. The zero-order valence-electron chi connectivity index (χ0n) is 9.63. The lowest BCUT2D eigenvalue weighted by Crippen LogP contribution is -2.13. The van der Waals surface area contributed by atoms with Gasteiger partial charge in [-0.25, -0.2) is 0 Å². The van der Waals surface area contributed by atoms with Crippen molar-refractivity contribution < 1.29 is 0 Å². The van der Waals surface area contributed by atoms with Crippen LogP contribution in [0.4, 0.5) is 0 Å². The summed E-state index contributed by atoms with van der Waals surface area (Å²) in [5.41, 5.74) is 1.34. The van der Waals surface area contributed by atoms with Crippen LogP contribution in [0, 0.1) is 6.92 Å². The normalized spacial score (nSPS) is 11.7. The molecule has 0 unspecified atom stereocenters. The van der Waals surface area contributed by atoms with E-state index < -0.39 is 0 Å². The first kappa shape index (κ1) is 11.6. The number of thioether (sulfide) groups is 1. The van der Waals surface area contributed by atoms with E-state index in [9.17, 15) is 0 Å². The van der Waals surface area contributed by atoms with E-state index in [0.29, 0.717) is 4.75 Å². The maximum Gasteiger partial charge on any atom is 0.0150 e. The second kappa shape index (κ2) is 4.88. The number of rotatable bonds is 4. The fourth-order valence-corrected chi connectivity index (χ4v) is 2.79. The van der Waals surface area contributed by atoms with Gasteiger partial charge < -0.3 is 0 Å². The summed E-state index contributed by atoms with van der Waals surface area (Å²) in [6.45, 7) is 9.02. The van der Waals surface area contributed by atoms with E-state index in [4.69, 9.17) is 0 Å². The molecule has 0 radical (unpaired) electrons. The van der Waals surface area contributed by atoms with E-state index in [-0.39, 0.29) is 0 Å². The number of hydrogen-bond donors (Lipinski definition) is 0. The third-order valence-electron chi connectivity index (χ3n) is 2.27. The van der Waals surface area contributed by atoms with Crippen molar-refractivity contribution >= 4 is 11.8 Å². The van der Waals surface area contributed by atoms with E-state index in [1.165, 1.54) is 23.3 Å². The highest BCUT2D eigenvalue weighted by atomic mass is 32.2. The number of benzene rings is 1. The third kappa shape index (κ3) is 3.75. The van der Waals surface area contributed by atoms with Gasteiger partial charge in [-0.1, -0.05) is 44.9 Å². The molecule has 78 valence electrons. The van der Waals surface area contributed by atoms with Gasteiger partial charge in [-0.15, -0.1) is 11.8 Å². The fraction of sp³-hybridized carbons (Fsp3) is 0.538. The molecule has 1 heteroatoms. The van der Waals surface area contributed by atoms with Crippen LogP contribution in [0.5, 0.6) is 0 Å². The van der Waals surface area contributed by atoms with Gasteiger partial charge in [0, 0.05) is 9.64 Å². The van der Waals surface area contributed by atoms with Crippen LogP contribution < -0.4 is 0 Å². The highest BCUT2D eigenvalue weighted by molar-refractivity contribution is 8.00. The lowest BCUT2D eigenvalue weighted by molar-refractivity contribution is 0.627. The van der Waals surface area contributed by atoms with Crippen LogP contribution >= 0.6 is 11.8 Å². The van der Waals surface area contributed by atoms with Crippen LogP contribution in [0.2, 0.25) is 0 Å². The Hall–Kier alpha value is -0.430. The second-order valence-electron chi connectivity index (χ2n) is 4.42. The summed E-state index contributed by atoms with van der Waals surface area (Å²) in [4.78, 5) is 1.38. The van der Waals surface area contributed by atoms with Crippen molar-refractivity contribution in [2.45, 2.75) is 50.2 Å². The Morgan fingerprint density at radius 3 is 2.21 bits per heavy atom. The van der Waals surface area contributed by atoms with E-state index in [2.05, 4.69) is 52.0 Å². The lowest BCUT2D eigenvalue weighted by atomic mass is 10.1. The quantitative estimate of drug-likeness (QED) is 0.648. The molecule has 0 N–H and O–H groups in total. The van der Waals surface area contributed by atoms with Crippen LogP contribution in [0.3, 0.4) is 0 Å². The Bertz CT molecular complexity index is 272. The Morgan fingerprint density at radius 1 is 1.14 bits per heavy atom. The fourth-order valence-electron chi connectivity index (χ4n) is 1.58. The first-order valence-corrected chi connectivity index (χ1v) is 6.11. The highest BCUT2D eigenvalue weighted by Crippen LogP contribution is 2.35. The van der Waals surface area contributed by atoms with Crippen LogP contribution in [-0.2, 0) is 0 Å². The van der Waals surface area contributed by atoms with Crippen molar-refractivity contribution in [1.29, 1.82) is 0 Å². The molecule has 1 aromatic rings. The number of aryl methyl sites for hydroxylation is 1. The molecule has 0 spiro atoms. The highest BCUT2D eigenvalue weighted by Gasteiger charge is 2.17. The molecule has 0 saturated heterocycles. The van der Waals surface area contributed by atoms with Crippen molar-refractivity contribution in [3.05, 3.63) is 29.8 Å². The maximum atomic E-state index is 2.32. The van der Waals surface area contributed by atoms with Crippen LogP contribution in [-0.4, -0.2) is 4.75 Å². The molecule has 0 aromatic heterocycles. The molecule has 1 aromatic carbocycles. The Morgan fingerprint density at radius 2 is 1.71 bits per heavy atom. The van der Waals surface area contributed by atoms with E-state index in [0.717, 1.165) is 0 Å². The monoisotopic (exact) mass is 208 g/mol. The molecule has 0 aliphatic rings. The predicted octanol–water partition coefficient (Wildman–Crippen LogP) is 4.67. The molecule has 0 aliphatic heterocycles. The SMILES string of the molecule is CCCC(C)(C)Sc1ccc(C)cc1. The zero-order valence-corrected chi connectivity index (χ0v) is 10.4. The molecule has 0 atom stereocenters. The van der Waals surface area contributed by atoms with E-state index >= 15 is 0 Å². The summed E-state index contributed by atoms with van der Waals surface area (Å²) in [5.74, 6) is 0. The molecule has 0 saturated carbocycles. The molecule has 0 fully saturated rings. The first-order chi connectivity index (χ1) is 6.53. The van der Waals surface area contributed by atoms with Crippen molar-refractivity contribution in [1.82, 2.24) is 0 Å². The molecular weight excluding hydrogens is 188 g/mol. The zero-order chi connectivity index (χ0) is 10.6. The topological polar surface area (TPSA) is 0 Å². The largest absolute Gasteiger partial charge is 0.120 e. The van der Waals surface area contributed by atoms with Gasteiger partial charge in [-0.2, -0.15) is 0 Å². The van der Waals surface area contributed by atoms with Crippen LogP contribution in [0.15, 0.2) is 29.2 Å². The lowest BCUT2D eigenvalue weighted by Gasteiger charge is -2.23. The van der Waals surface area contributed by atoms with Gasteiger partial charge in [-0.05, 0) is 25.5 Å². The molecule has 14 heavy (non-hydrogen) atoms. The standard InChI is InChI=1S/C13H20S/c1-5-10-13(3,4)14-12-8-6-11(2)7-9-12/h6-9H,5,10H2,1-4H3. The van der Waals surface area contributed by atoms with Gasteiger partial charge in [0.05, 0.1) is 0 Å². The molecule has 0 amide bonds. The van der Waals surface area contributed by atoms with E-state index in [1.807, 2.05) is 11.8 Å². The Labute approximate surface area is 92.1 Å². The summed E-state index contributed by atoms with van der Waals surface area (Å²) in [6.07, 6.45) is 2.53. The summed E-state index contributed by atoms with van der Waals surface area (Å²) in [7, 11) is 0. The molecule has 0 aliphatic carbocycles. The second-order valence-corrected chi connectivity index (χ2v) is 6.21. The summed E-state index contributed by atoms with van der Waals surface area (Å²) in [6, 6.07) is 8.81. The average molecular weight is 208 g/mol. The van der Waals surface area contributed by atoms with Gasteiger partial charge in [0.25, 0.3) is 0 Å². The molecular formula is C13H20S. The van der Waals surface area contributed by atoms with Crippen LogP contribution in [0.25, 0.3) is 0 Å². The van der Waals surface area contributed by atoms with E-state index in [1.54, 1.807) is 0 Å². The van der Waals surface area contributed by atoms with Gasteiger partial charge in [-0.3, -0.25) is 0 Å². The summed E-state index contributed by atoms with van der Waals surface area (Å²) >= 11 is 1.98. The first-order valence-electron chi connectivity index (χ1n) is 5.29. The van der Waals surface area contributed by atoms with Gasteiger partial charge in [0.2, 0.25) is 0 Å². The van der Waals surface area contributed by atoms with Gasteiger partial charge in [0.15, 0.2) is 0 Å². The minimum Gasteiger partial charge on any atom is -0.120 e. The molecule has 0 heterocycles. The van der Waals surface area contributed by atoms with Crippen molar-refractivity contribution in [3.63, 3.8) is 0 Å². The maximum absolute atomic E-state index is 2.32. The molecule has 0 bridgehead atoms. The third-order valence-corrected chi connectivity index (χ3v) is 3.53. The smallest absolute Gasteiger partial charge is 0.0150 e. The number of hydrogen-bond acceptors (Lipinski definition) is 1. The minimum atomic E-state index is 0.365. The molecule has 1 rings (SSSR count). The van der Waals surface area contributed by atoms with Crippen molar-refractivity contribution in [2.24, 2.45) is 0 Å². The summed E-state index contributed by atoms with van der Waals surface area (Å²) in [5, 5.41) is 0. The average Bonchev–Trinajstić information content (AvgIpc) is 2.08. The summed E-state index contributed by atoms with van der Waals surface area (Å²) < 4.78 is 0.365. The Balaban J connectivity index is 2.64. The predicted molar refractivity (Wildman–Crippen MR) is 66.0 cm³/mol. The Kier molecular flexibility index (Phi) is 4.06.